The fourth-order valence-corrected chi connectivity index (χ4v) is 4.12. The zero-order valence-electron chi connectivity index (χ0n) is 17.7. The van der Waals surface area contributed by atoms with Crippen LogP contribution in [-0.4, -0.2) is 41.2 Å². The van der Waals surface area contributed by atoms with Crippen LogP contribution < -0.4 is 25.8 Å². The van der Waals surface area contributed by atoms with Gasteiger partial charge in [-0.3, -0.25) is 19.4 Å². The maximum atomic E-state index is 12.9. The van der Waals surface area contributed by atoms with Crippen molar-refractivity contribution in [2.75, 3.05) is 28.6 Å². The molecule has 12 heteroatoms. The summed E-state index contributed by atoms with van der Waals surface area (Å²) in [5, 5.41) is 5.01. The number of nitrogens with zero attached hydrogens (tertiary/aromatic N) is 2. The van der Waals surface area contributed by atoms with Gasteiger partial charge in [-0.25, -0.2) is 0 Å². The van der Waals surface area contributed by atoms with Gasteiger partial charge in [-0.15, -0.1) is 13.2 Å². The molecule has 2 aliphatic heterocycles. The molecule has 3 heterocycles. The first-order chi connectivity index (χ1) is 15.6. The molecule has 33 heavy (non-hydrogen) atoms. The number of piperidine rings is 1. The summed E-state index contributed by atoms with van der Waals surface area (Å²) >= 11 is 0. The molecule has 0 bridgehead atoms. The normalized spacial score (nSPS) is 20.6. The second kappa shape index (κ2) is 8.75. The average molecular weight is 465 g/mol. The lowest BCUT2D eigenvalue weighted by Gasteiger charge is -2.32. The van der Waals surface area contributed by atoms with Gasteiger partial charge in [-0.2, -0.15) is 4.98 Å². The fourth-order valence-electron chi connectivity index (χ4n) is 4.12. The molecule has 176 valence electrons. The predicted molar refractivity (Wildman–Crippen MR) is 113 cm³/mol. The minimum absolute atomic E-state index is 0.00334. The Morgan fingerprint density at radius 1 is 1.30 bits per heavy atom. The highest BCUT2D eigenvalue weighted by molar-refractivity contribution is 6.04. The van der Waals surface area contributed by atoms with E-state index in [4.69, 9.17) is 0 Å². The van der Waals surface area contributed by atoms with Crippen LogP contribution in [0, 0.1) is 5.92 Å². The zero-order chi connectivity index (χ0) is 23.8. The van der Waals surface area contributed by atoms with Gasteiger partial charge in [0.15, 0.2) is 0 Å². The predicted octanol–water partition coefficient (Wildman–Crippen LogP) is 2.97. The molecule has 2 aromatic rings. The van der Waals surface area contributed by atoms with Crippen molar-refractivity contribution in [3.05, 3.63) is 40.2 Å². The van der Waals surface area contributed by atoms with E-state index in [2.05, 4.69) is 32.3 Å². The molecule has 1 fully saturated rings. The maximum Gasteiger partial charge on any atom is 0.573 e. The van der Waals surface area contributed by atoms with Gasteiger partial charge in [-0.1, -0.05) is 13.0 Å². The molecular formula is C21H22F3N5O4. The van der Waals surface area contributed by atoms with Crippen molar-refractivity contribution in [2.24, 2.45) is 5.92 Å². The lowest BCUT2D eigenvalue weighted by Crippen LogP contribution is -2.40. The van der Waals surface area contributed by atoms with E-state index in [1.807, 2.05) is 4.90 Å². The highest BCUT2D eigenvalue weighted by atomic mass is 19.4. The topological polar surface area (TPSA) is 116 Å². The van der Waals surface area contributed by atoms with E-state index in [0.717, 1.165) is 25.0 Å². The van der Waals surface area contributed by atoms with Crippen LogP contribution in [0.2, 0.25) is 0 Å². The monoisotopic (exact) mass is 465 g/mol. The Morgan fingerprint density at radius 3 is 2.82 bits per heavy atom. The number of ether oxygens (including phenoxy) is 1. The highest BCUT2D eigenvalue weighted by Gasteiger charge is 2.36. The molecule has 2 atom stereocenters. The first kappa shape index (κ1) is 22.6. The molecule has 2 aliphatic rings. The van der Waals surface area contributed by atoms with Crippen LogP contribution in [0.5, 0.6) is 5.75 Å². The SMILES string of the molecule is C[C@@H]1CCCN(c2nc3c(c(=O)[nH]2)[C@@H](C(=O)Nc2cccc(OC(F)(F)F)c2)CC(=O)N3)C1. The van der Waals surface area contributed by atoms with Crippen LogP contribution in [0.4, 0.5) is 30.6 Å². The third-order valence-electron chi connectivity index (χ3n) is 5.55. The van der Waals surface area contributed by atoms with Crippen LogP contribution in [0.15, 0.2) is 29.1 Å². The summed E-state index contributed by atoms with van der Waals surface area (Å²) < 4.78 is 41.3. The number of hydrogen-bond donors (Lipinski definition) is 3. The molecule has 0 radical (unpaired) electrons. The van der Waals surface area contributed by atoms with Crippen LogP contribution in [0.25, 0.3) is 0 Å². The summed E-state index contributed by atoms with van der Waals surface area (Å²) in [5.74, 6) is -2.13. The number of aromatic nitrogens is 2. The number of alkyl halides is 3. The molecule has 0 aliphatic carbocycles. The molecule has 1 aromatic heterocycles. The smallest absolute Gasteiger partial charge is 0.406 e. The van der Waals surface area contributed by atoms with Gasteiger partial charge in [0.05, 0.1) is 11.5 Å². The van der Waals surface area contributed by atoms with E-state index in [1.165, 1.54) is 12.1 Å². The number of carbonyl (C=O) groups is 2. The number of rotatable bonds is 4. The molecule has 0 unspecified atom stereocenters. The van der Waals surface area contributed by atoms with Crippen molar-refractivity contribution in [1.82, 2.24) is 9.97 Å². The van der Waals surface area contributed by atoms with Gasteiger partial charge in [-0.05, 0) is 30.9 Å². The molecule has 0 saturated carbocycles. The van der Waals surface area contributed by atoms with Crippen molar-refractivity contribution < 1.29 is 27.5 Å². The number of hydrogen-bond acceptors (Lipinski definition) is 6. The number of fused-ring (bicyclic) bond motifs is 1. The lowest BCUT2D eigenvalue weighted by molar-refractivity contribution is -0.274. The first-order valence-corrected chi connectivity index (χ1v) is 10.4. The van der Waals surface area contributed by atoms with Crippen molar-refractivity contribution in [3.63, 3.8) is 0 Å². The summed E-state index contributed by atoms with van der Waals surface area (Å²) in [6.07, 6.45) is -3.18. The van der Waals surface area contributed by atoms with Gasteiger partial charge in [0.25, 0.3) is 5.56 Å². The number of amides is 2. The Kier molecular flexibility index (Phi) is 6.00. The first-order valence-electron chi connectivity index (χ1n) is 10.4. The van der Waals surface area contributed by atoms with Crippen molar-refractivity contribution in [3.8, 4) is 5.75 Å². The third kappa shape index (κ3) is 5.26. The minimum Gasteiger partial charge on any atom is -0.406 e. The number of H-pyrrole nitrogens is 1. The highest BCUT2D eigenvalue weighted by Crippen LogP contribution is 2.32. The van der Waals surface area contributed by atoms with Gasteiger partial charge < -0.3 is 20.3 Å². The summed E-state index contributed by atoms with van der Waals surface area (Å²) in [5.41, 5.74) is -0.524. The summed E-state index contributed by atoms with van der Waals surface area (Å²) in [7, 11) is 0. The number of halogens is 3. The Bertz CT molecular complexity index is 1130. The Labute approximate surface area is 186 Å². The summed E-state index contributed by atoms with van der Waals surface area (Å²) in [6, 6.07) is 4.73. The standard InChI is InChI=1S/C21H22F3N5O4/c1-11-4-3-7-29(10-11)20-27-17-16(19(32)28-20)14(9-15(30)26-17)18(31)25-12-5-2-6-13(8-12)33-21(22,23)24/h2,5-6,8,11,14H,3-4,7,9-10H2,1H3,(H,25,31)(H2,26,27,28,30,32)/t11-,14+/m1/s1. The van der Waals surface area contributed by atoms with Crippen LogP contribution >= 0.6 is 0 Å². The molecular weight excluding hydrogens is 443 g/mol. The van der Waals surface area contributed by atoms with Crippen LogP contribution in [0.1, 0.15) is 37.7 Å². The van der Waals surface area contributed by atoms with E-state index in [9.17, 15) is 27.6 Å². The van der Waals surface area contributed by atoms with Gasteiger partial charge in [0.2, 0.25) is 17.8 Å². The largest absolute Gasteiger partial charge is 0.573 e. The minimum atomic E-state index is -4.88. The Balaban J connectivity index is 1.59. The lowest BCUT2D eigenvalue weighted by atomic mass is 9.92. The van der Waals surface area contributed by atoms with Crippen molar-refractivity contribution >= 4 is 29.3 Å². The Morgan fingerprint density at radius 2 is 2.09 bits per heavy atom. The van der Waals surface area contributed by atoms with Gasteiger partial charge in [0, 0.05) is 31.3 Å². The molecule has 2 amide bonds. The number of benzene rings is 1. The fraction of sp³-hybridized carbons (Fsp3) is 0.429. The molecule has 0 spiro atoms. The average Bonchev–Trinajstić information content (AvgIpc) is 2.71. The number of anilines is 3. The summed E-state index contributed by atoms with van der Waals surface area (Å²) in [6.45, 7) is 3.51. The summed E-state index contributed by atoms with van der Waals surface area (Å²) in [4.78, 5) is 47.1. The second-order valence-corrected chi connectivity index (χ2v) is 8.22. The molecule has 1 saturated heterocycles. The van der Waals surface area contributed by atoms with E-state index in [-0.39, 0.29) is 23.5 Å². The third-order valence-corrected chi connectivity index (χ3v) is 5.55. The van der Waals surface area contributed by atoms with Crippen LogP contribution in [-0.2, 0) is 9.59 Å². The molecule has 9 nitrogen and oxygen atoms in total. The number of nitrogens with one attached hydrogen (secondary N) is 3. The van der Waals surface area contributed by atoms with Crippen LogP contribution in [0.3, 0.4) is 0 Å². The molecule has 3 N–H and O–H groups in total. The van der Waals surface area contributed by atoms with Gasteiger partial charge >= 0.3 is 6.36 Å². The Hall–Kier alpha value is -3.57. The number of aromatic amines is 1. The van der Waals surface area contributed by atoms with Gasteiger partial charge in [0.1, 0.15) is 11.6 Å². The zero-order valence-corrected chi connectivity index (χ0v) is 17.7. The molecule has 1 aromatic carbocycles. The van der Waals surface area contributed by atoms with E-state index >= 15 is 0 Å². The number of carbonyl (C=O) groups excluding carboxylic acids is 2. The maximum absolute atomic E-state index is 12.9. The van der Waals surface area contributed by atoms with Crippen molar-refractivity contribution in [1.29, 1.82) is 0 Å². The van der Waals surface area contributed by atoms with E-state index in [1.54, 1.807) is 0 Å². The van der Waals surface area contributed by atoms with E-state index < -0.39 is 35.4 Å². The van der Waals surface area contributed by atoms with Crippen molar-refractivity contribution in [2.45, 2.75) is 38.5 Å². The second-order valence-electron chi connectivity index (χ2n) is 8.22. The van der Waals surface area contributed by atoms with E-state index in [0.29, 0.717) is 25.0 Å². The molecule has 4 rings (SSSR count). The quantitative estimate of drug-likeness (QED) is 0.639.